The van der Waals surface area contributed by atoms with Gasteiger partial charge in [-0.2, -0.15) is 0 Å². The molecule has 49 heavy (non-hydrogen) atoms. The summed E-state index contributed by atoms with van der Waals surface area (Å²) < 4.78 is 11.5. The van der Waals surface area contributed by atoms with Crippen molar-refractivity contribution in [2.45, 2.75) is 84.2 Å². The van der Waals surface area contributed by atoms with Crippen molar-refractivity contribution in [1.82, 2.24) is 0 Å². The molecule has 5 aromatic rings. The average Bonchev–Trinajstić information content (AvgIpc) is 3.12. The third-order valence-corrected chi connectivity index (χ3v) is 9.92. The second kappa shape index (κ2) is 14.7. The molecule has 4 nitrogen and oxygen atoms in total. The summed E-state index contributed by atoms with van der Waals surface area (Å²) in [5.41, 5.74) is 6.85. The fourth-order valence-corrected chi connectivity index (χ4v) is 6.31. The molecule has 1 unspecified atom stereocenters. The fourth-order valence-electron chi connectivity index (χ4n) is 6.31. The van der Waals surface area contributed by atoms with Crippen LogP contribution in [-0.2, 0) is 15.6 Å². The molecule has 0 saturated carbocycles. The van der Waals surface area contributed by atoms with Gasteiger partial charge >= 0.3 is 11.9 Å². The Morgan fingerprint density at radius 2 is 0.980 bits per heavy atom. The average molecular weight is 653 g/mol. The first-order chi connectivity index (χ1) is 23.4. The van der Waals surface area contributed by atoms with Crippen LogP contribution in [0.4, 0.5) is 0 Å². The minimum Gasteiger partial charge on any atom is -0.456 e. The highest BCUT2D eigenvalue weighted by Gasteiger charge is 2.32. The first-order valence-electron chi connectivity index (χ1n) is 17.3. The first kappa shape index (κ1) is 35.3. The van der Waals surface area contributed by atoms with Gasteiger partial charge in [-0.1, -0.05) is 125 Å². The molecule has 0 radical (unpaired) electrons. The van der Waals surface area contributed by atoms with E-state index >= 15 is 0 Å². The van der Waals surface area contributed by atoms with Gasteiger partial charge in [-0.3, -0.25) is 0 Å². The van der Waals surface area contributed by atoms with Crippen molar-refractivity contribution in [3.05, 3.63) is 161 Å². The fraction of sp³-hybridized carbons (Fsp3) is 0.289. The predicted octanol–water partition coefficient (Wildman–Crippen LogP) is 11.4. The summed E-state index contributed by atoms with van der Waals surface area (Å²) >= 11 is 0. The minimum absolute atomic E-state index is 0.113. The van der Waals surface area contributed by atoms with Crippen LogP contribution in [0.15, 0.2) is 127 Å². The molecule has 5 aromatic carbocycles. The zero-order valence-corrected chi connectivity index (χ0v) is 29.9. The Morgan fingerprint density at radius 1 is 0.531 bits per heavy atom. The molecule has 0 fully saturated rings. The molecular weight excluding hydrogens is 604 g/mol. The largest absolute Gasteiger partial charge is 0.456 e. The monoisotopic (exact) mass is 652 g/mol. The maximum absolute atomic E-state index is 13.1. The first-order valence-corrected chi connectivity index (χ1v) is 17.3. The lowest BCUT2D eigenvalue weighted by Gasteiger charge is -2.33. The number of benzene rings is 5. The van der Waals surface area contributed by atoms with E-state index in [9.17, 15) is 9.59 Å². The number of ether oxygens (including phenoxy) is 2. The molecule has 0 bridgehead atoms. The summed E-state index contributed by atoms with van der Waals surface area (Å²) in [6, 6.07) is 42.0. The SMILES string of the molecule is CCCC(C)(C)OC(=O)c1ccc(-c2ccc(C(=O)Oc3ccc(C(C)(c4ccccc4)c4ccc(C(C)(C)CC)cc4)cc3)cc2)cc1. The standard InChI is InChI=1S/C45H48O4/c1-8-31-44(5,6)49-42(47)35-21-17-33(18-22-35)32-15-19-34(20-16-32)41(46)48-40-29-27-39(28-30-40)45(7,37-13-11-10-12-14-37)38-25-23-36(24-26-38)43(3,4)9-2/h10-30H,8-9,31H2,1-7H3. The zero-order valence-electron chi connectivity index (χ0n) is 29.9. The lowest BCUT2D eigenvalue weighted by molar-refractivity contribution is -0.00473. The van der Waals surface area contributed by atoms with E-state index in [2.05, 4.69) is 83.1 Å². The Labute approximate surface area is 292 Å². The van der Waals surface area contributed by atoms with Crippen molar-refractivity contribution in [2.24, 2.45) is 0 Å². The topological polar surface area (TPSA) is 52.6 Å². The molecule has 252 valence electrons. The maximum atomic E-state index is 13.1. The quantitative estimate of drug-likeness (QED) is 0.0764. The second-order valence-electron chi connectivity index (χ2n) is 14.3. The van der Waals surface area contributed by atoms with Crippen LogP contribution in [0.3, 0.4) is 0 Å². The van der Waals surface area contributed by atoms with Crippen molar-refractivity contribution in [3.63, 3.8) is 0 Å². The number of hydrogen-bond acceptors (Lipinski definition) is 4. The summed E-state index contributed by atoms with van der Waals surface area (Å²) in [6.07, 6.45) is 2.81. The van der Waals surface area contributed by atoms with Gasteiger partial charge in [-0.15, -0.1) is 0 Å². The van der Waals surface area contributed by atoms with Gasteiger partial charge in [-0.05, 0) is 109 Å². The molecule has 4 heteroatoms. The van der Waals surface area contributed by atoms with Crippen LogP contribution in [0.25, 0.3) is 11.1 Å². The van der Waals surface area contributed by atoms with Gasteiger partial charge in [0.15, 0.2) is 0 Å². The summed E-state index contributed by atoms with van der Waals surface area (Å²) in [5, 5.41) is 0. The number of rotatable bonds is 12. The molecule has 0 heterocycles. The highest BCUT2D eigenvalue weighted by Crippen LogP contribution is 2.40. The van der Waals surface area contributed by atoms with Crippen LogP contribution in [-0.4, -0.2) is 17.5 Å². The predicted molar refractivity (Wildman–Crippen MR) is 199 cm³/mol. The Bertz CT molecular complexity index is 1850. The van der Waals surface area contributed by atoms with E-state index in [-0.39, 0.29) is 11.4 Å². The lowest BCUT2D eigenvalue weighted by Crippen LogP contribution is -2.27. The third kappa shape index (κ3) is 8.03. The molecule has 0 N–H and O–H groups in total. The van der Waals surface area contributed by atoms with Crippen LogP contribution < -0.4 is 4.74 Å². The van der Waals surface area contributed by atoms with E-state index < -0.39 is 17.0 Å². The Hall–Kier alpha value is -4.96. The van der Waals surface area contributed by atoms with Crippen molar-refractivity contribution < 1.29 is 19.1 Å². The lowest BCUT2D eigenvalue weighted by atomic mass is 9.70. The van der Waals surface area contributed by atoms with E-state index in [0.29, 0.717) is 16.9 Å². The highest BCUT2D eigenvalue weighted by atomic mass is 16.6. The Morgan fingerprint density at radius 3 is 1.47 bits per heavy atom. The van der Waals surface area contributed by atoms with Crippen molar-refractivity contribution in [2.75, 3.05) is 0 Å². The molecule has 5 rings (SSSR count). The third-order valence-electron chi connectivity index (χ3n) is 9.92. The van der Waals surface area contributed by atoms with Crippen LogP contribution in [0.2, 0.25) is 0 Å². The molecule has 0 aliphatic rings. The smallest absolute Gasteiger partial charge is 0.343 e. The number of carbonyl (C=O) groups is 2. The molecule has 0 aliphatic carbocycles. The van der Waals surface area contributed by atoms with Gasteiger partial charge in [-0.25, -0.2) is 9.59 Å². The van der Waals surface area contributed by atoms with Gasteiger partial charge in [0.25, 0.3) is 0 Å². The van der Waals surface area contributed by atoms with Crippen molar-refractivity contribution >= 4 is 11.9 Å². The van der Waals surface area contributed by atoms with E-state index in [0.717, 1.165) is 36.0 Å². The Kier molecular flexibility index (Phi) is 10.6. The van der Waals surface area contributed by atoms with Crippen LogP contribution >= 0.6 is 0 Å². The van der Waals surface area contributed by atoms with Gasteiger partial charge in [0, 0.05) is 5.41 Å². The van der Waals surface area contributed by atoms with Gasteiger partial charge in [0.05, 0.1) is 11.1 Å². The summed E-state index contributed by atoms with van der Waals surface area (Å²) in [4.78, 5) is 25.8. The second-order valence-corrected chi connectivity index (χ2v) is 14.3. The molecule has 0 saturated heterocycles. The number of esters is 2. The maximum Gasteiger partial charge on any atom is 0.343 e. The summed E-state index contributed by atoms with van der Waals surface area (Å²) in [7, 11) is 0. The normalized spacial score (nSPS) is 13.0. The molecule has 0 aliphatic heterocycles. The summed E-state index contributed by atoms with van der Waals surface area (Å²) in [6.45, 7) is 15.0. The van der Waals surface area contributed by atoms with Gasteiger partial charge < -0.3 is 9.47 Å². The van der Waals surface area contributed by atoms with E-state index in [1.54, 1.807) is 24.3 Å². The van der Waals surface area contributed by atoms with Crippen LogP contribution in [0.5, 0.6) is 5.75 Å². The highest BCUT2D eigenvalue weighted by molar-refractivity contribution is 5.92. The number of hydrogen-bond donors (Lipinski definition) is 0. The van der Waals surface area contributed by atoms with E-state index in [1.165, 1.54) is 16.7 Å². The van der Waals surface area contributed by atoms with Crippen molar-refractivity contribution in [3.8, 4) is 16.9 Å². The van der Waals surface area contributed by atoms with E-state index in [4.69, 9.17) is 9.47 Å². The summed E-state index contributed by atoms with van der Waals surface area (Å²) in [5.74, 6) is -0.268. The zero-order chi connectivity index (χ0) is 35.2. The molecule has 0 aromatic heterocycles. The van der Waals surface area contributed by atoms with Crippen LogP contribution in [0, 0.1) is 0 Å². The molecule has 1 atom stereocenters. The van der Waals surface area contributed by atoms with Gasteiger partial charge in [0.1, 0.15) is 11.4 Å². The van der Waals surface area contributed by atoms with Crippen molar-refractivity contribution in [1.29, 1.82) is 0 Å². The molecule has 0 amide bonds. The number of carbonyl (C=O) groups excluding carboxylic acids is 2. The molecular formula is C45H48O4. The van der Waals surface area contributed by atoms with Gasteiger partial charge in [0.2, 0.25) is 0 Å². The Balaban J connectivity index is 1.29. The molecule has 0 spiro atoms. The minimum atomic E-state index is -0.502. The van der Waals surface area contributed by atoms with E-state index in [1.807, 2.05) is 68.4 Å². The van der Waals surface area contributed by atoms with Crippen LogP contribution in [0.1, 0.15) is 111 Å².